The Hall–Kier alpha value is -2.14. The van der Waals surface area contributed by atoms with E-state index in [1.54, 1.807) is 6.07 Å². The molecule has 19 heavy (non-hydrogen) atoms. The monoisotopic (exact) mass is 273 g/mol. The molecule has 0 aliphatic rings. The molecular weight excluding hydrogens is 263 g/mol. The number of hydrogen-bond acceptors (Lipinski definition) is 4. The zero-order valence-electron chi connectivity index (χ0n) is 9.85. The maximum Gasteiger partial charge on any atom is 0.416 e. The first kappa shape index (κ1) is 14.9. The summed E-state index contributed by atoms with van der Waals surface area (Å²) >= 11 is 0. The van der Waals surface area contributed by atoms with E-state index >= 15 is 0 Å². The highest BCUT2D eigenvalue weighted by Gasteiger charge is 2.39. The van der Waals surface area contributed by atoms with Crippen LogP contribution in [0.25, 0.3) is 0 Å². The van der Waals surface area contributed by atoms with Crippen molar-refractivity contribution in [3.05, 3.63) is 29.6 Å². The van der Waals surface area contributed by atoms with Crippen LogP contribution in [-0.2, 0) is 0 Å². The second-order valence-electron chi connectivity index (χ2n) is 3.79. The normalized spacial score (nSPS) is 12.6. The molecule has 1 aromatic heterocycles. The summed E-state index contributed by atoms with van der Waals surface area (Å²) in [4.78, 5) is 16.1. The van der Waals surface area contributed by atoms with Crippen LogP contribution < -0.4 is 0 Å². The minimum atomic E-state index is -4.79. The van der Waals surface area contributed by atoms with Gasteiger partial charge in [-0.05, 0) is 12.1 Å². The standard InChI is InChI=1S/C11H10F3N3O2/c1-17(6-9(18)11(12,13)14)10(19)8-3-2-7(4-15)5-16-8/h2-3,5,9,18H,6H2,1H3. The maximum atomic E-state index is 12.1. The Morgan fingerprint density at radius 3 is 2.63 bits per heavy atom. The fourth-order valence-corrected chi connectivity index (χ4v) is 1.23. The number of amides is 1. The summed E-state index contributed by atoms with van der Waals surface area (Å²) in [7, 11) is 1.12. The van der Waals surface area contributed by atoms with Crippen molar-refractivity contribution in [1.82, 2.24) is 9.88 Å². The van der Waals surface area contributed by atoms with E-state index in [-0.39, 0.29) is 11.3 Å². The molecule has 0 bridgehead atoms. The molecule has 0 aromatic carbocycles. The molecule has 1 heterocycles. The Kier molecular flexibility index (Phi) is 4.45. The van der Waals surface area contributed by atoms with E-state index in [1.807, 2.05) is 0 Å². The third kappa shape index (κ3) is 3.93. The predicted octanol–water partition coefficient (Wildman–Crippen LogP) is 0.948. The topological polar surface area (TPSA) is 77.2 Å². The Labute approximate surface area is 106 Å². The number of aliphatic hydroxyl groups is 1. The molecule has 0 radical (unpaired) electrons. The zero-order chi connectivity index (χ0) is 14.6. The molecule has 0 aliphatic carbocycles. The molecule has 5 nitrogen and oxygen atoms in total. The molecule has 0 aliphatic heterocycles. The number of rotatable bonds is 3. The van der Waals surface area contributed by atoms with Gasteiger partial charge in [0.2, 0.25) is 0 Å². The number of halogens is 3. The lowest BCUT2D eigenvalue weighted by Gasteiger charge is -2.22. The van der Waals surface area contributed by atoms with Crippen LogP contribution >= 0.6 is 0 Å². The van der Waals surface area contributed by atoms with Crippen molar-refractivity contribution in [2.75, 3.05) is 13.6 Å². The first-order valence-corrected chi connectivity index (χ1v) is 5.12. The van der Waals surface area contributed by atoms with Gasteiger partial charge in [0.25, 0.3) is 5.91 Å². The van der Waals surface area contributed by atoms with Gasteiger partial charge in [0.1, 0.15) is 11.8 Å². The number of pyridine rings is 1. The number of carbonyl (C=O) groups is 1. The van der Waals surface area contributed by atoms with Crippen LogP contribution in [0.1, 0.15) is 16.1 Å². The summed E-state index contributed by atoms with van der Waals surface area (Å²) in [5.74, 6) is -0.771. The summed E-state index contributed by atoms with van der Waals surface area (Å²) in [6.45, 7) is -0.885. The van der Waals surface area contributed by atoms with Crippen molar-refractivity contribution in [1.29, 1.82) is 5.26 Å². The van der Waals surface area contributed by atoms with Crippen molar-refractivity contribution < 1.29 is 23.1 Å². The van der Waals surface area contributed by atoms with Gasteiger partial charge in [-0.25, -0.2) is 4.98 Å². The number of alkyl halides is 3. The minimum absolute atomic E-state index is 0.101. The van der Waals surface area contributed by atoms with E-state index in [0.717, 1.165) is 13.2 Å². The predicted molar refractivity (Wildman–Crippen MR) is 58.0 cm³/mol. The highest BCUT2D eigenvalue weighted by atomic mass is 19.4. The number of aromatic nitrogens is 1. The number of aliphatic hydroxyl groups excluding tert-OH is 1. The summed E-state index contributed by atoms with van der Waals surface area (Å²) in [5, 5.41) is 17.4. The van der Waals surface area contributed by atoms with Crippen LogP contribution in [0.4, 0.5) is 13.2 Å². The molecular formula is C11H10F3N3O2. The number of nitrogens with zero attached hydrogens (tertiary/aromatic N) is 3. The summed E-state index contributed by atoms with van der Waals surface area (Å²) in [6, 6.07) is 4.36. The van der Waals surface area contributed by atoms with Crippen LogP contribution in [0.2, 0.25) is 0 Å². The zero-order valence-corrected chi connectivity index (χ0v) is 9.85. The van der Waals surface area contributed by atoms with E-state index < -0.39 is 24.7 Å². The molecule has 1 N–H and O–H groups in total. The van der Waals surface area contributed by atoms with E-state index in [0.29, 0.717) is 4.90 Å². The van der Waals surface area contributed by atoms with Gasteiger partial charge in [-0.2, -0.15) is 18.4 Å². The van der Waals surface area contributed by atoms with Gasteiger partial charge in [-0.3, -0.25) is 4.79 Å². The molecule has 0 spiro atoms. The molecule has 1 amide bonds. The number of nitriles is 1. The third-order valence-corrected chi connectivity index (χ3v) is 2.28. The molecule has 1 atom stereocenters. The second-order valence-corrected chi connectivity index (χ2v) is 3.79. The molecule has 1 unspecified atom stereocenters. The highest BCUT2D eigenvalue weighted by molar-refractivity contribution is 5.92. The quantitative estimate of drug-likeness (QED) is 0.889. The molecule has 0 saturated heterocycles. The molecule has 1 aromatic rings. The summed E-state index contributed by atoms with van der Waals surface area (Å²) < 4.78 is 36.4. The Balaban J connectivity index is 2.74. The maximum absolute atomic E-state index is 12.1. The summed E-state index contributed by atoms with van der Waals surface area (Å²) in [5.41, 5.74) is 0.130. The molecule has 0 saturated carbocycles. The second kappa shape index (κ2) is 5.67. The van der Waals surface area contributed by atoms with Crippen LogP contribution in [0, 0.1) is 11.3 Å². The van der Waals surface area contributed by atoms with Crippen molar-refractivity contribution in [3.63, 3.8) is 0 Å². The molecule has 0 fully saturated rings. The van der Waals surface area contributed by atoms with Gasteiger partial charge in [0.15, 0.2) is 6.10 Å². The lowest BCUT2D eigenvalue weighted by molar-refractivity contribution is -0.205. The largest absolute Gasteiger partial charge is 0.416 e. The average molecular weight is 273 g/mol. The van der Waals surface area contributed by atoms with Crippen LogP contribution in [0.3, 0.4) is 0 Å². The lowest BCUT2D eigenvalue weighted by atomic mass is 10.2. The smallest absolute Gasteiger partial charge is 0.382 e. The van der Waals surface area contributed by atoms with Gasteiger partial charge >= 0.3 is 6.18 Å². The first-order chi connectivity index (χ1) is 8.75. The average Bonchev–Trinajstić information content (AvgIpc) is 2.36. The van der Waals surface area contributed by atoms with E-state index in [2.05, 4.69) is 4.98 Å². The van der Waals surface area contributed by atoms with Gasteiger partial charge < -0.3 is 10.0 Å². The lowest BCUT2D eigenvalue weighted by Crippen LogP contribution is -2.42. The third-order valence-electron chi connectivity index (χ3n) is 2.28. The van der Waals surface area contributed by atoms with Gasteiger partial charge in [-0.15, -0.1) is 0 Å². The fraction of sp³-hybridized carbons (Fsp3) is 0.364. The first-order valence-electron chi connectivity index (χ1n) is 5.12. The molecule has 8 heteroatoms. The number of likely N-dealkylation sites (N-methyl/N-ethyl adjacent to an activating group) is 1. The van der Waals surface area contributed by atoms with Crippen molar-refractivity contribution in [2.24, 2.45) is 0 Å². The Bertz CT molecular complexity index is 493. The van der Waals surface area contributed by atoms with Gasteiger partial charge in [-0.1, -0.05) is 0 Å². The van der Waals surface area contributed by atoms with Crippen LogP contribution in [-0.4, -0.2) is 46.8 Å². The Morgan fingerprint density at radius 2 is 2.21 bits per heavy atom. The van der Waals surface area contributed by atoms with Crippen molar-refractivity contribution in [3.8, 4) is 6.07 Å². The van der Waals surface area contributed by atoms with Crippen LogP contribution in [0.5, 0.6) is 0 Å². The Morgan fingerprint density at radius 1 is 1.58 bits per heavy atom. The SMILES string of the molecule is CN(CC(O)C(F)(F)F)C(=O)c1ccc(C#N)cn1. The van der Waals surface area contributed by atoms with Gasteiger partial charge in [0.05, 0.1) is 12.1 Å². The van der Waals surface area contributed by atoms with E-state index in [9.17, 15) is 18.0 Å². The van der Waals surface area contributed by atoms with Gasteiger partial charge in [0, 0.05) is 13.2 Å². The number of hydrogen-bond donors (Lipinski definition) is 1. The number of carbonyl (C=O) groups excluding carboxylic acids is 1. The highest BCUT2D eigenvalue weighted by Crippen LogP contribution is 2.20. The molecule has 1 rings (SSSR count). The van der Waals surface area contributed by atoms with Crippen LogP contribution in [0.15, 0.2) is 18.3 Å². The molecule has 102 valence electrons. The van der Waals surface area contributed by atoms with Crippen molar-refractivity contribution in [2.45, 2.75) is 12.3 Å². The minimum Gasteiger partial charge on any atom is -0.382 e. The van der Waals surface area contributed by atoms with E-state index in [4.69, 9.17) is 10.4 Å². The fourth-order valence-electron chi connectivity index (χ4n) is 1.23. The summed E-state index contributed by atoms with van der Waals surface area (Å²) in [6.07, 6.45) is -6.26. The van der Waals surface area contributed by atoms with E-state index in [1.165, 1.54) is 12.1 Å². The van der Waals surface area contributed by atoms with Crippen molar-refractivity contribution >= 4 is 5.91 Å².